The van der Waals surface area contributed by atoms with Crippen LogP contribution in [0.4, 0.5) is 0 Å². The summed E-state index contributed by atoms with van der Waals surface area (Å²) >= 11 is 0. The average molecular weight is 155 g/mol. The van der Waals surface area contributed by atoms with Crippen molar-refractivity contribution in [1.82, 2.24) is 5.32 Å². The van der Waals surface area contributed by atoms with Gasteiger partial charge in [0, 0.05) is 6.04 Å². The smallest absolute Gasteiger partial charge is 0.00898 e. The summed E-state index contributed by atoms with van der Waals surface area (Å²) in [6.45, 7) is 4.66. The highest BCUT2D eigenvalue weighted by atomic mass is 14.9. The zero-order chi connectivity index (χ0) is 8.27. The standard InChI is InChI=1S/C10H21N/c1-4-10(11-3)9-6-5-8(2)7-9/h8-11H,4-7H2,1-3H3. The zero-order valence-electron chi connectivity index (χ0n) is 8.06. The molecule has 0 saturated heterocycles. The van der Waals surface area contributed by atoms with Gasteiger partial charge in [0.15, 0.2) is 0 Å². The Morgan fingerprint density at radius 1 is 1.45 bits per heavy atom. The van der Waals surface area contributed by atoms with E-state index in [0.29, 0.717) is 0 Å². The quantitative estimate of drug-likeness (QED) is 0.660. The molecule has 1 aliphatic carbocycles. The summed E-state index contributed by atoms with van der Waals surface area (Å²) in [5, 5.41) is 3.41. The molecule has 1 fully saturated rings. The third kappa shape index (κ3) is 2.19. The van der Waals surface area contributed by atoms with Gasteiger partial charge in [-0.15, -0.1) is 0 Å². The number of hydrogen-bond acceptors (Lipinski definition) is 1. The lowest BCUT2D eigenvalue weighted by atomic mass is 9.95. The molecule has 0 bridgehead atoms. The van der Waals surface area contributed by atoms with E-state index in [0.717, 1.165) is 17.9 Å². The van der Waals surface area contributed by atoms with E-state index in [-0.39, 0.29) is 0 Å². The molecule has 1 heteroatoms. The topological polar surface area (TPSA) is 12.0 Å². The first-order chi connectivity index (χ1) is 5.27. The average Bonchev–Trinajstić information content (AvgIpc) is 2.39. The van der Waals surface area contributed by atoms with Crippen LogP contribution in [0.3, 0.4) is 0 Å². The maximum absolute atomic E-state index is 3.41. The van der Waals surface area contributed by atoms with Crippen LogP contribution in [0.25, 0.3) is 0 Å². The zero-order valence-corrected chi connectivity index (χ0v) is 8.06. The lowest BCUT2D eigenvalue weighted by molar-refractivity contribution is 0.361. The van der Waals surface area contributed by atoms with Crippen LogP contribution in [0.15, 0.2) is 0 Å². The maximum atomic E-state index is 3.41. The van der Waals surface area contributed by atoms with E-state index in [1.54, 1.807) is 0 Å². The Bertz CT molecular complexity index is 107. The van der Waals surface area contributed by atoms with Crippen molar-refractivity contribution in [2.75, 3.05) is 7.05 Å². The molecule has 1 rings (SSSR count). The van der Waals surface area contributed by atoms with Crippen LogP contribution in [0, 0.1) is 11.8 Å². The molecule has 0 aromatic rings. The van der Waals surface area contributed by atoms with E-state index in [1.165, 1.54) is 25.7 Å². The third-order valence-corrected chi connectivity index (χ3v) is 3.12. The van der Waals surface area contributed by atoms with E-state index >= 15 is 0 Å². The third-order valence-electron chi connectivity index (χ3n) is 3.12. The Morgan fingerprint density at radius 3 is 2.55 bits per heavy atom. The Kier molecular flexibility index (Phi) is 3.38. The van der Waals surface area contributed by atoms with Gasteiger partial charge in [0.2, 0.25) is 0 Å². The molecule has 0 aromatic heterocycles. The van der Waals surface area contributed by atoms with Gasteiger partial charge in [0.1, 0.15) is 0 Å². The van der Waals surface area contributed by atoms with Crippen LogP contribution in [-0.4, -0.2) is 13.1 Å². The van der Waals surface area contributed by atoms with Crippen molar-refractivity contribution in [1.29, 1.82) is 0 Å². The van der Waals surface area contributed by atoms with Gasteiger partial charge in [-0.25, -0.2) is 0 Å². The van der Waals surface area contributed by atoms with Crippen LogP contribution >= 0.6 is 0 Å². The van der Waals surface area contributed by atoms with Gasteiger partial charge in [-0.3, -0.25) is 0 Å². The predicted octanol–water partition coefficient (Wildman–Crippen LogP) is 2.42. The highest BCUT2D eigenvalue weighted by Crippen LogP contribution is 2.33. The fourth-order valence-electron chi connectivity index (χ4n) is 2.39. The van der Waals surface area contributed by atoms with Crippen molar-refractivity contribution in [2.45, 2.75) is 45.6 Å². The van der Waals surface area contributed by atoms with E-state index in [9.17, 15) is 0 Å². The lowest BCUT2D eigenvalue weighted by Crippen LogP contribution is -2.31. The van der Waals surface area contributed by atoms with E-state index in [4.69, 9.17) is 0 Å². The van der Waals surface area contributed by atoms with Gasteiger partial charge in [-0.1, -0.05) is 20.3 Å². The molecule has 1 saturated carbocycles. The minimum atomic E-state index is 0.778. The molecule has 11 heavy (non-hydrogen) atoms. The Hall–Kier alpha value is -0.0400. The fraction of sp³-hybridized carbons (Fsp3) is 1.00. The molecule has 0 aliphatic heterocycles. The lowest BCUT2D eigenvalue weighted by Gasteiger charge is -2.21. The fourth-order valence-corrected chi connectivity index (χ4v) is 2.39. The Labute approximate surface area is 70.6 Å². The minimum absolute atomic E-state index is 0.778. The molecule has 3 unspecified atom stereocenters. The summed E-state index contributed by atoms with van der Waals surface area (Å²) < 4.78 is 0. The first-order valence-electron chi connectivity index (χ1n) is 4.95. The Balaban J connectivity index is 2.34. The maximum Gasteiger partial charge on any atom is 0.00898 e. The molecule has 0 spiro atoms. The van der Waals surface area contributed by atoms with Crippen LogP contribution in [0.5, 0.6) is 0 Å². The summed E-state index contributed by atoms with van der Waals surface area (Å²) in [6, 6.07) is 0.778. The highest BCUT2D eigenvalue weighted by molar-refractivity contribution is 4.81. The minimum Gasteiger partial charge on any atom is -0.317 e. The molecule has 1 aliphatic rings. The molecule has 1 nitrogen and oxygen atoms in total. The van der Waals surface area contributed by atoms with Crippen LogP contribution in [0.2, 0.25) is 0 Å². The molecule has 66 valence electrons. The molecular formula is C10H21N. The van der Waals surface area contributed by atoms with Crippen molar-refractivity contribution >= 4 is 0 Å². The highest BCUT2D eigenvalue weighted by Gasteiger charge is 2.26. The SMILES string of the molecule is CCC(NC)C1CCC(C)C1. The van der Waals surface area contributed by atoms with Gasteiger partial charge < -0.3 is 5.32 Å². The molecule has 1 N–H and O–H groups in total. The molecular weight excluding hydrogens is 134 g/mol. The summed E-state index contributed by atoms with van der Waals surface area (Å²) in [7, 11) is 2.09. The first-order valence-corrected chi connectivity index (χ1v) is 4.95. The summed E-state index contributed by atoms with van der Waals surface area (Å²) in [5.41, 5.74) is 0. The first kappa shape index (κ1) is 9.05. The van der Waals surface area contributed by atoms with Gasteiger partial charge in [0.25, 0.3) is 0 Å². The molecule has 0 aromatic carbocycles. The molecule has 0 radical (unpaired) electrons. The molecule has 3 atom stereocenters. The second-order valence-electron chi connectivity index (χ2n) is 3.98. The normalized spacial score (nSPS) is 34.1. The summed E-state index contributed by atoms with van der Waals surface area (Å²) in [4.78, 5) is 0. The summed E-state index contributed by atoms with van der Waals surface area (Å²) in [6.07, 6.45) is 5.62. The van der Waals surface area contributed by atoms with Gasteiger partial charge in [-0.05, 0) is 38.1 Å². The van der Waals surface area contributed by atoms with Crippen molar-refractivity contribution in [3.63, 3.8) is 0 Å². The molecule has 0 amide bonds. The second-order valence-corrected chi connectivity index (χ2v) is 3.98. The van der Waals surface area contributed by atoms with Crippen molar-refractivity contribution in [2.24, 2.45) is 11.8 Å². The van der Waals surface area contributed by atoms with E-state index in [2.05, 4.69) is 26.2 Å². The second kappa shape index (κ2) is 4.10. The molecule has 0 heterocycles. The number of hydrogen-bond donors (Lipinski definition) is 1. The van der Waals surface area contributed by atoms with Crippen molar-refractivity contribution in [3.8, 4) is 0 Å². The van der Waals surface area contributed by atoms with Crippen LogP contribution in [-0.2, 0) is 0 Å². The van der Waals surface area contributed by atoms with Crippen molar-refractivity contribution < 1.29 is 0 Å². The van der Waals surface area contributed by atoms with Gasteiger partial charge >= 0.3 is 0 Å². The van der Waals surface area contributed by atoms with Crippen LogP contribution in [0.1, 0.15) is 39.5 Å². The largest absolute Gasteiger partial charge is 0.317 e. The van der Waals surface area contributed by atoms with E-state index in [1.807, 2.05) is 0 Å². The number of nitrogens with one attached hydrogen (secondary N) is 1. The monoisotopic (exact) mass is 155 g/mol. The van der Waals surface area contributed by atoms with E-state index < -0.39 is 0 Å². The van der Waals surface area contributed by atoms with Gasteiger partial charge in [-0.2, -0.15) is 0 Å². The Morgan fingerprint density at radius 2 is 2.18 bits per heavy atom. The number of rotatable bonds is 3. The van der Waals surface area contributed by atoms with Crippen LogP contribution < -0.4 is 5.32 Å². The predicted molar refractivity (Wildman–Crippen MR) is 49.6 cm³/mol. The van der Waals surface area contributed by atoms with Crippen molar-refractivity contribution in [3.05, 3.63) is 0 Å². The van der Waals surface area contributed by atoms with Gasteiger partial charge in [0.05, 0.1) is 0 Å². The summed E-state index contributed by atoms with van der Waals surface area (Å²) in [5.74, 6) is 1.93.